The van der Waals surface area contributed by atoms with Crippen molar-refractivity contribution in [2.75, 3.05) is 38.8 Å². The standard InChI is InChI=1S/C44H55N9O6S2/c1-22(2)35(50-43(56)58-6)39(54)52-14-16-60-41(52)37-45-20-31(48-37)26-10-8-25(9-11-26)27-12-13-28(34-30-19-24(5)18-29(47-30)33(27)34)32-21-46-38(49-32)42-53(15-17-61-42)40(55)36(23(3)4)51-44(57)59-7/h8-13,20-24,29-30,35-36,41-42,47H,14-19H2,1-7H3,(H,45,48)(H,46,49)(H,50,56)(H,51,57)/t24?,29?,30?,35-,36-,41-,42-/m0/s1. The van der Waals surface area contributed by atoms with Gasteiger partial charge in [-0.3, -0.25) is 9.59 Å². The average molecular weight is 870 g/mol. The summed E-state index contributed by atoms with van der Waals surface area (Å²) in [6.45, 7) is 11.1. The highest BCUT2D eigenvalue weighted by atomic mass is 32.2. The van der Waals surface area contributed by atoms with Gasteiger partial charge >= 0.3 is 12.2 Å². The van der Waals surface area contributed by atoms with Crippen molar-refractivity contribution in [2.45, 2.75) is 82.4 Å². The van der Waals surface area contributed by atoms with Crippen molar-refractivity contribution in [3.8, 4) is 33.6 Å². The largest absolute Gasteiger partial charge is 0.453 e. The van der Waals surface area contributed by atoms with Crippen molar-refractivity contribution in [3.63, 3.8) is 0 Å². The molecule has 0 radical (unpaired) electrons. The number of carbonyl (C=O) groups excluding carboxylic acids is 4. The van der Waals surface area contributed by atoms with Crippen LogP contribution in [0, 0.1) is 17.8 Å². The molecule has 3 unspecified atom stereocenters. The number of rotatable bonds is 11. The first kappa shape index (κ1) is 42.7. The Labute approximate surface area is 364 Å². The molecule has 3 fully saturated rings. The summed E-state index contributed by atoms with van der Waals surface area (Å²) in [6.07, 6.45) is 4.53. The zero-order valence-corrected chi connectivity index (χ0v) is 37.2. The van der Waals surface area contributed by atoms with Crippen LogP contribution in [0.5, 0.6) is 0 Å². The summed E-state index contributed by atoms with van der Waals surface area (Å²) < 4.78 is 9.60. The van der Waals surface area contributed by atoms with E-state index in [0.29, 0.717) is 30.7 Å². The smallest absolute Gasteiger partial charge is 0.407 e. The third-order valence-corrected chi connectivity index (χ3v) is 14.7. The fourth-order valence-electron chi connectivity index (χ4n) is 9.19. The first-order valence-corrected chi connectivity index (χ1v) is 23.1. The molecule has 17 heteroatoms. The van der Waals surface area contributed by atoms with E-state index in [-0.39, 0.29) is 46.5 Å². The molecule has 4 amide bonds. The SMILES string of the molecule is COC(=O)N[C@H](C(=O)N1CCS[C@H]1c1ncc(-c2ccc(-c3ccc(-c4cnc([C@@H]5SCCN5C(=O)[C@@H](NC(=O)OC)C(C)C)[nH]4)c4c3C3CC(C)CC4N3)cc2)[nH]1)C(C)C. The second kappa shape index (κ2) is 17.8. The minimum atomic E-state index is -0.710. The van der Waals surface area contributed by atoms with Gasteiger partial charge < -0.3 is 45.2 Å². The Hall–Kier alpha value is -5.00. The number of amides is 4. The third-order valence-electron chi connectivity index (χ3n) is 12.2. The molecule has 5 N–H and O–H groups in total. The number of aromatic nitrogens is 4. The number of nitrogens with one attached hydrogen (secondary N) is 5. The first-order valence-electron chi connectivity index (χ1n) is 21.0. The summed E-state index contributed by atoms with van der Waals surface area (Å²) in [6, 6.07) is 12.0. The van der Waals surface area contributed by atoms with E-state index in [1.807, 2.05) is 45.0 Å². The summed E-state index contributed by atoms with van der Waals surface area (Å²) in [4.78, 5) is 71.9. The molecule has 3 saturated heterocycles. The van der Waals surface area contributed by atoms with Crippen LogP contribution in [0.15, 0.2) is 48.8 Å². The highest BCUT2D eigenvalue weighted by molar-refractivity contribution is 8.00. The summed E-state index contributed by atoms with van der Waals surface area (Å²) in [5.74, 6) is 2.95. The van der Waals surface area contributed by atoms with E-state index >= 15 is 0 Å². The fourth-order valence-corrected chi connectivity index (χ4v) is 11.6. The van der Waals surface area contributed by atoms with Gasteiger partial charge in [0.2, 0.25) is 11.8 Å². The zero-order chi connectivity index (χ0) is 43.1. The number of benzene rings is 2. The normalized spacial score (nSPS) is 22.9. The van der Waals surface area contributed by atoms with Crippen LogP contribution < -0.4 is 16.0 Å². The maximum absolute atomic E-state index is 13.8. The van der Waals surface area contributed by atoms with E-state index in [2.05, 4.69) is 69.2 Å². The van der Waals surface area contributed by atoms with E-state index in [9.17, 15) is 19.2 Å². The second-order valence-electron chi connectivity index (χ2n) is 17.0. The topological polar surface area (TPSA) is 187 Å². The van der Waals surface area contributed by atoms with Crippen LogP contribution in [-0.2, 0) is 19.1 Å². The number of H-pyrrole nitrogens is 2. The summed E-state index contributed by atoms with van der Waals surface area (Å²) >= 11 is 3.31. The molecule has 0 spiro atoms. The Kier molecular flexibility index (Phi) is 12.4. The van der Waals surface area contributed by atoms with Gasteiger partial charge in [-0.15, -0.1) is 23.5 Å². The second-order valence-corrected chi connectivity index (χ2v) is 19.4. The Morgan fingerprint density at radius 3 is 1.66 bits per heavy atom. The molecule has 4 aromatic rings. The molecule has 324 valence electrons. The van der Waals surface area contributed by atoms with Gasteiger partial charge in [0.1, 0.15) is 34.5 Å². The van der Waals surface area contributed by atoms with Gasteiger partial charge in [0, 0.05) is 42.2 Å². The molecule has 2 aromatic carbocycles. The van der Waals surface area contributed by atoms with Crippen molar-refractivity contribution >= 4 is 47.5 Å². The van der Waals surface area contributed by atoms with Crippen molar-refractivity contribution in [1.29, 1.82) is 0 Å². The number of imidazole rings is 2. The minimum Gasteiger partial charge on any atom is -0.453 e. The van der Waals surface area contributed by atoms with Gasteiger partial charge in [-0.2, -0.15) is 0 Å². The van der Waals surface area contributed by atoms with Crippen molar-refractivity contribution in [3.05, 3.63) is 71.6 Å². The molecule has 2 bridgehead atoms. The summed E-state index contributed by atoms with van der Waals surface area (Å²) in [7, 11) is 2.59. The van der Waals surface area contributed by atoms with E-state index in [1.165, 1.54) is 30.9 Å². The first-order chi connectivity index (χ1) is 29.4. The number of methoxy groups -OCH3 is 2. The Morgan fingerprint density at radius 1 is 0.689 bits per heavy atom. The number of carbonyl (C=O) groups is 4. The van der Waals surface area contributed by atoms with Crippen molar-refractivity contribution in [1.82, 2.24) is 45.7 Å². The molecular formula is C44H55N9O6S2. The Balaban J connectivity index is 1.04. The quantitative estimate of drug-likeness (QED) is 0.103. The minimum absolute atomic E-state index is 0.119. The van der Waals surface area contributed by atoms with Crippen molar-refractivity contribution in [2.24, 2.45) is 17.8 Å². The summed E-state index contributed by atoms with van der Waals surface area (Å²) in [5.41, 5.74) is 8.81. The number of alkyl carbamates (subject to hydrolysis) is 2. The fraction of sp³-hybridized carbons (Fsp3) is 0.500. The maximum atomic E-state index is 13.8. The molecule has 6 heterocycles. The number of ether oxygens (including phenoxy) is 2. The molecule has 2 aromatic heterocycles. The van der Waals surface area contributed by atoms with E-state index in [0.717, 1.165) is 52.4 Å². The van der Waals surface area contributed by atoms with Gasteiger partial charge in [-0.1, -0.05) is 71.0 Å². The van der Waals surface area contributed by atoms with Crippen LogP contribution in [-0.4, -0.2) is 105 Å². The molecule has 15 nitrogen and oxygen atoms in total. The van der Waals surface area contributed by atoms with Gasteiger partial charge in [0.05, 0.1) is 38.0 Å². The molecule has 7 atom stereocenters. The van der Waals surface area contributed by atoms with Gasteiger partial charge in [-0.05, 0) is 58.4 Å². The molecular weight excluding hydrogens is 815 g/mol. The number of fused-ring (bicyclic) bond motifs is 5. The molecule has 0 aliphatic carbocycles. The van der Waals surface area contributed by atoms with Crippen LogP contribution in [0.2, 0.25) is 0 Å². The number of piperidine rings is 1. The lowest BCUT2D eigenvalue weighted by Gasteiger charge is -2.29. The van der Waals surface area contributed by atoms with Crippen molar-refractivity contribution < 1.29 is 28.7 Å². The predicted octanol–water partition coefficient (Wildman–Crippen LogP) is 7.16. The van der Waals surface area contributed by atoms with Crippen LogP contribution in [0.3, 0.4) is 0 Å². The molecule has 8 rings (SSSR count). The molecule has 4 aliphatic rings. The van der Waals surface area contributed by atoms with E-state index < -0.39 is 24.3 Å². The highest BCUT2D eigenvalue weighted by Gasteiger charge is 2.42. The van der Waals surface area contributed by atoms with Crippen LogP contribution in [0.25, 0.3) is 33.6 Å². The Bertz CT molecular complexity index is 2280. The summed E-state index contributed by atoms with van der Waals surface area (Å²) in [5, 5.41) is 8.76. The van der Waals surface area contributed by atoms with Gasteiger partial charge in [0.25, 0.3) is 0 Å². The number of aromatic amines is 2. The average Bonchev–Trinajstić information content (AvgIpc) is 4.11. The lowest BCUT2D eigenvalue weighted by Crippen LogP contribution is -2.51. The van der Waals surface area contributed by atoms with Crippen LogP contribution >= 0.6 is 23.5 Å². The maximum Gasteiger partial charge on any atom is 0.407 e. The zero-order valence-electron chi connectivity index (χ0n) is 35.6. The number of nitrogens with zero attached hydrogens (tertiary/aromatic N) is 4. The third kappa shape index (κ3) is 8.35. The monoisotopic (exact) mass is 869 g/mol. The predicted molar refractivity (Wildman–Crippen MR) is 236 cm³/mol. The number of hydrogen-bond donors (Lipinski definition) is 5. The van der Waals surface area contributed by atoms with E-state index in [1.54, 1.807) is 28.4 Å². The number of hydrogen-bond acceptors (Lipinski definition) is 11. The van der Waals surface area contributed by atoms with Gasteiger partial charge in [-0.25, -0.2) is 19.6 Å². The number of thioether (sulfide) groups is 2. The Morgan fingerprint density at radius 2 is 1.15 bits per heavy atom. The molecule has 0 saturated carbocycles. The highest BCUT2D eigenvalue weighted by Crippen LogP contribution is 2.52. The van der Waals surface area contributed by atoms with Gasteiger partial charge in [0.15, 0.2) is 0 Å². The van der Waals surface area contributed by atoms with E-state index in [4.69, 9.17) is 19.4 Å². The molecule has 61 heavy (non-hydrogen) atoms. The molecule has 4 aliphatic heterocycles. The lowest BCUT2D eigenvalue weighted by atomic mass is 9.88. The van der Waals surface area contributed by atoms with Crippen LogP contribution in [0.4, 0.5) is 9.59 Å². The lowest BCUT2D eigenvalue weighted by molar-refractivity contribution is -0.135. The van der Waals surface area contributed by atoms with Crippen LogP contribution in [0.1, 0.15) is 93.1 Å².